The predicted molar refractivity (Wildman–Crippen MR) is 149 cm³/mol. The molecule has 5 aromatic rings. The van der Waals surface area contributed by atoms with E-state index in [2.05, 4.69) is 9.82 Å². The van der Waals surface area contributed by atoms with Gasteiger partial charge in [0.05, 0.1) is 16.3 Å². The van der Waals surface area contributed by atoms with Crippen LogP contribution in [0.4, 0.5) is 13.2 Å². The zero-order chi connectivity index (χ0) is 28.5. The van der Waals surface area contributed by atoms with Crippen molar-refractivity contribution < 1.29 is 21.6 Å². The van der Waals surface area contributed by atoms with Gasteiger partial charge in [0.15, 0.2) is 5.69 Å². The topological polar surface area (TPSA) is 64.0 Å². The molecule has 1 aromatic heterocycles. The summed E-state index contributed by atoms with van der Waals surface area (Å²) in [6, 6.07) is 30.6. The van der Waals surface area contributed by atoms with Crippen molar-refractivity contribution in [2.24, 2.45) is 0 Å². The Hall–Kier alpha value is -4.21. The zero-order valence-corrected chi connectivity index (χ0v) is 22.5. The van der Waals surface area contributed by atoms with E-state index in [-0.39, 0.29) is 10.6 Å². The van der Waals surface area contributed by atoms with Gasteiger partial charge in [0, 0.05) is 11.6 Å². The van der Waals surface area contributed by atoms with Gasteiger partial charge in [-0.1, -0.05) is 84.4 Å². The molecule has 0 fully saturated rings. The molecule has 204 valence electrons. The fraction of sp³-hybridized carbons (Fsp3) is 0.129. The summed E-state index contributed by atoms with van der Waals surface area (Å²) in [7, 11) is -3.91. The normalized spacial score (nSPS) is 12.8. The van der Waals surface area contributed by atoms with Crippen LogP contribution in [0.1, 0.15) is 29.8 Å². The average Bonchev–Trinajstić information content (AvgIpc) is 3.40. The summed E-state index contributed by atoms with van der Waals surface area (Å²) in [5, 5.41) is 3.79. The van der Waals surface area contributed by atoms with Gasteiger partial charge in [-0.3, -0.25) is 0 Å². The highest BCUT2D eigenvalue weighted by Crippen LogP contribution is 2.33. The molecule has 0 aliphatic heterocycles. The summed E-state index contributed by atoms with van der Waals surface area (Å²) in [6.45, 7) is 3.63. The zero-order valence-electron chi connectivity index (χ0n) is 21.7. The van der Waals surface area contributed by atoms with Crippen molar-refractivity contribution in [2.75, 3.05) is 0 Å². The van der Waals surface area contributed by atoms with Crippen LogP contribution < -0.4 is 4.72 Å². The van der Waals surface area contributed by atoms with E-state index in [0.29, 0.717) is 11.3 Å². The number of rotatable bonds is 7. The fourth-order valence-corrected chi connectivity index (χ4v) is 5.61. The lowest BCUT2D eigenvalue weighted by molar-refractivity contribution is -0.141. The first-order valence-electron chi connectivity index (χ1n) is 12.5. The molecule has 40 heavy (non-hydrogen) atoms. The second kappa shape index (κ2) is 10.7. The molecule has 4 aromatic carbocycles. The highest BCUT2D eigenvalue weighted by Gasteiger charge is 2.35. The minimum absolute atomic E-state index is 0.0101. The number of hydrogen-bond donors (Lipinski definition) is 1. The summed E-state index contributed by atoms with van der Waals surface area (Å²) in [5.74, 6) is 0. The Morgan fingerprint density at radius 1 is 0.775 bits per heavy atom. The minimum Gasteiger partial charge on any atom is -0.233 e. The van der Waals surface area contributed by atoms with E-state index >= 15 is 0 Å². The standard InChI is InChI=1S/C31H26F3N3O2S/c1-21-8-10-26(11-9-21)29-20-30(31(32,33)34)35-37(29)27-16-18-28(19-17-27)40(38,39)36-22(2)23-12-14-25(15-13-23)24-6-4-3-5-7-24/h3-20,22,36H,1-2H3. The van der Waals surface area contributed by atoms with Gasteiger partial charge < -0.3 is 0 Å². The van der Waals surface area contributed by atoms with E-state index in [4.69, 9.17) is 0 Å². The van der Waals surface area contributed by atoms with Crippen molar-refractivity contribution in [2.45, 2.75) is 31.0 Å². The first-order valence-corrected chi connectivity index (χ1v) is 14.0. The third kappa shape index (κ3) is 5.85. The van der Waals surface area contributed by atoms with E-state index < -0.39 is 27.9 Å². The van der Waals surface area contributed by atoms with E-state index in [1.165, 1.54) is 28.9 Å². The lowest BCUT2D eigenvalue weighted by Gasteiger charge is -2.16. The van der Waals surface area contributed by atoms with Crippen molar-refractivity contribution >= 4 is 10.0 Å². The molecule has 1 atom stereocenters. The number of alkyl halides is 3. The Kier molecular flexibility index (Phi) is 7.35. The summed E-state index contributed by atoms with van der Waals surface area (Å²) in [5.41, 5.74) is 3.91. The SMILES string of the molecule is Cc1ccc(-c2cc(C(F)(F)F)nn2-c2ccc(S(=O)(=O)NC(C)c3ccc(-c4ccccc4)cc3)cc2)cc1. The van der Waals surface area contributed by atoms with Crippen molar-refractivity contribution in [3.8, 4) is 28.1 Å². The molecule has 0 aliphatic carbocycles. The van der Waals surface area contributed by atoms with Crippen LogP contribution in [0.25, 0.3) is 28.1 Å². The van der Waals surface area contributed by atoms with Gasteiger partial charge in [-0.2, -0.15) is 18.3 Å². The number of benzene rings is 4. The third-order valence-electron chi connectivity index (χ3n) is 6.59. The van der Waals surface area contributed by atoms with Gasteiger partial charge in [-0.05, 0) is 60.9 Å². The second-order valence-electron chi connectivity index (χ2n) is 9.52. The lowest BCUT2D eigenvalue weighted by Crippen LogP contribution is -2.26. The predicted octanol–water partition coefficient (Wildman–Crippen LogP) is 7.57. The maximum Gasteiger partial charge on any atom is 0.435 e. The fourth-order valence-electron chi connectivity index (χ4n) is 4.38. The number of sulfonamides is 1. The molecule has 1 unspecified atom stereocenters. The Labute approximate surface area is 231 Å². The lowest BCUT2D eigenvalue weighted by atomic mass is 10.0. The summed E-state index contributed by atoms with van der Waals surface area (Å²) < 4.78 is 70.6. The van der Waals surface area contributed by atoms with Crippen molar-refractivity contribution in [3.63, 3.8) is 0 Å². The molecular weight excluding hydrogens is 535 g/mol. The Morgan fingerprint density at radius 3 is 1.95 bits per heavy atom. The molecule has 0 spiro atoms. The summed E-state index contributed by atoms with van der Waals surface area (Å²) >= 11 is 0. The van der Waals surface area contributed by atoms with Gasteiger partial charge in [0.25, 0.3) is 0 Å². The molecule has 5 nitrogen and oxygen atoms in total. The van der Waals surface area contributed by atoms with Crippen molar-refractivity contribution in [1.82, 2.24) is 14.5 Å². The molecule has 9 heteroatoms. The van der Waals surface area contributed by atoms with Crippen LogP contribution in [0.15, 0.2) is 114 Å². The van der Waals surface area contributed by atoms with Crippen LogP contribution in [0, 0.1) is 6.92 Å². The molecule has 0 bridgehead atoms. The quantitative estimate of drug-likeness (QED) is 0.223. The Bertz CT molecular complexity index is 1710. The number of nitrogens with one attached hydrogen (secondary N) is 1. The molecule has 0 amide bonds. The molecule has 1 N–H and O–H groups in total. The number of aromatic nitrogens is 2. The molecule has 0 radical (unpaired) electrons. The first kappa shape index (κ1) is 27.4. The first-order chi connectivity index (χ1) is 19.0. The highest BCUT2D eigenvalue weighted by atomic mass is 32.2. The molecule has 0 aliphatic rings. The molecule has 0 saturated carbocycles. The molecular formula is C31H26F3N3O2S. The van der Waals surface area contributed by atoms with Crippen LogP contribution >= 0.6 is 0 Å². The maximum absolute atomic E-state index is 13.5. The third-order valence-corrected chi connectivity index (χ3v) is 8.15. The Morgan fingerprint density at radius 2 is 1.35 bits per heavy atom. The maximum atomic E-state index is 13.5. The van der Waals surface area contributed by atoms with Gasteiger partial charge in [0.2, 0.25) is 10.0 Å². The van der Waals surface area contributed by atoms with E-state index in [1.54, 1.807) is 31.2 Å². The monoisotopic (exact) mass is 561 g/mol. The number of nitrogens with zero attached hydrogens (tertiary/aromatic N) is 2. The van der Waals surface area contributed by atoms with Gasteiger partial charge in [-0.15, -0.1) is 0 Å². The molecule has 1 heterocycles. The van der Waals surface area contributed by atoms with Crippen LogP contribution in [0.3, 0.4) is 0 Å². The smallest absolute Gasteiger partial charge is 0.233 e. The second-order valence-corrected chi connectivity index (χ2v) is 11.2. The molecule has 5 rings (SSSR count). The van der Waals surface area contributed by atoms with Gasteiger partial charge in [0.1, 0.15) is 0 Å². The minimum atomic E-state index is -4.63. The van der Waals surface area contributed by atoms with E-state index in [0.717, 1.165) is 28.3 Å². The summed E-state index contributed by atoms with van der Waals surface area (Å²) in [6.07, 6.45) is -4.63. The largest absolute Gasteiger partial charge is 0.435 e. The van der Waals surface area contributed by atoms with Crippen molar-refractivity contribution in [3.05, 3.63) is 126 Å². The number of halogens is 3. The summed E-state index contributed by atoms with van der Waals surface area (Å²) in [4.78, 5) is -0.0101. The Balaban J connectivity index is 1.38. The molecule has 0 saturated heterocycles. The van der Waals surface area contributed by atoms with Crippen LogP contribution in [0.5, 0.6) is 0 Å². The van der Waals surface area contributed by atoms with Crippen LogP contribution in [0.2, 0.25) is 0 Å². The van der Waals surface area contributed by atoms with Gasteiger partial charge in [-0.25, -0.2) is 17.8 Å². The average molecular weight is 562 g/mol. The van der Waals surface area contributed by atoms with Crippen LogP contribution in [-0.2, 0) is 16.2 Å². The van der Waals surface area contributed by atoms with Gasteiger partial charge >= 0.3 is 6.18 Å². The number of aryl methyl sites for hydroxylation is 1. The van der Waals surface area contributed by atoms with E-state index in [1.807, 2.05) is 61.5 Å². The van der Waals surface area contributed by atoms with Crippen LogP contribution in [-0.4, -0.2) is 18.2 Å². The highest BCUT2D eigenvalue weighted by molar-refractivity contribution is 7.89. The van der Waals surface area contributed by atoms with Crippen molar-refractivity contribution in [1.29, 1.82) is 0 Å². The van der Waals surface area contributed by atoms with E-state index in [9.17, 15) is 21.6 Å². The number of hydrogen-bond acceptors (Lipinski definition) is 3.